The van der Waals surface area contributed by atoms with Crippen LogP contribution in [0.25, 0.3) is 0 Å². The molecule has 1 N–H and O–H groups in total. The van der Waals surface area contributed by atoms with Crippen LogP contribution < -0.4 is 4.90 Å². The van der Waals surface area contributed by atoms with Gasteiger partial charge in [0.2, 0.25) is 0 Å². The van der Waals surface area contributed by atoms with Crippen molar-refractivity contribution >= 4 is 11.8 Å². The van der Waals surface area contributed by atoms with E-state index in [4.69, 9.17) is 5.11 Å². The zero-order valence-electron chi connectivity index (χ0n) is 10.9. The fraction of sp³-hybridized carbons (Fsp3) is 0.267. The second kappa shape index (κ2) is 5.28. The lowest BCUT2D eigenvalue weighted by Gasteiger charge is -2.25. The third-order valence-corrected chi connectivity index (χ3v) is 3.61. The molecule has 0 spiro atoms. The molecule has 102 valence electrons. The Morgan fingerprint density at radius 1 is 1.30 bits per heavy atom. The maximum absolute atomic E-state index is 10.9. The molecule has 0 bridgehead atoms. The molecule has 1 aliphatic rings. The summed E-state index contributed by atoms with van der Waals surface area (Å²) in [5.74, 6) is -0.129. The molecule has 1 unspecified atom stereocenters. The van der Waals surface area contributed by atoms with Crippen LogP contribution in [0, 0.1) is 0 Å². The average molecular weight is 269 g/mol. The van der Waals surface area contributed by atoms with Crippen LogP contribution in [0.2, 0.25) is 0 Å². The van der Waals surface area contributed by atoms with Crippen LogP contribution in [0.1, 0.15) is 34.8 Å². The molecule has 1 atom stereocenters. The summed E-state index contributed by atoms with van der Waals surface area (Å²) in [5.41, 5.74) is 1.39. The normalized spacial score (nSPS) is 18.2. The number of hydrogen-bond acceptors (Lipinski definition) is 4. The maximum Gasteiger partial charge on any atom is 0.337 e. The molecular formula is C15H15N3O2. The lowest BCUT2D eigenvalue weighted by atomic mass is 10.1. The minimum Gasteiger partial charge on any atom is -0.478 e. The molecule has 3 heterocycles. The molecule has 3 rings (SSSR count). The largest absolute Gasteiger partial charge is 0.478 e. The van der Waals surface area contributed by atoms with Gasteiger partial charge in [-0.25, -0.2) is 9.78 Å². The highest BCUT2D eigenvalue weighted by Gasteiger charge is 2.27. The number of anilines is 1. The summed E-state index contributed by atoms with van der Waals surface area (Å²) in [6, 6.07) is 7.66. The van der Waals surface area contributed by atoms with Gasteiger partial charge in [0.25, 0.3) is 0 Å². The third kappa shape index (κ3) is 2.34. The molecule has 0 aromatic carbocycles. The van der Waals surface area contributed by atoms with Crippen LogP contribution in [-0.2, 0) is 0 Å². The second-order valence-corrected chi connectivity index (χ2v) is 4.85. The van der Waals surface area contributed by atoms with Gasteiger partial charge in [-0.3, -0.25) is 4.98 Å². The predicted octanol–water partition coefficient (Wildman–Crippen LogP) is 2.52. The Morgan fingerprint density at radius 2 is 2.20 bits per heavy atom. The summed E-state index contributed by atoms with van der Waals surface area (Å²) in [4.78, 5) is 21.5. The maximum atomic E-state index is 10.9. The molecule has 20 heavy (non-hydrogen) atoms. The van der Waals surface area contributed by atoms with E-state index in [1.807, 2.05) is 12.3 Å². The molecule has 2 aromatic heterocycles. The SMILES string of the molecule is O=C(O)c1ccc(N2CCCC2c2cccnc2)nc1. The standard InChI is InChI=1S/C15H15N3O2/c19-15(20)12-5-6-14(17-10-12)18-8-2-4-13(18)11-3-1-7-16-9-11/h1,3,5-7,9-10,13H,2,4,8H2,(H,19,20). The van der Waals surface area contributed by atoms with Crippen molar-refractivity contribution < 1.29 is 9.90 Å². The van der Waals surface area contributed by atoms with E-state index in [0.717, 1.165) is 25.2 Å². The van der Waals surface area contributed by atoms with Crippen molar-refractivity contribution in [3.8, 4) is 0 Å². The number of carboxylic acid groups (broad SMARTS) is 1. The first kappa shape index (κ1) is 12.6. The number of nitrogens with zero attached hydrogens (tertiary/aromatic N) is 3. The van der Waals surface area contributed by atoms with Crippen LogP contribution in [0.5, 0.6) is 0 Å². The molecule has 0 radical (unpaired) electrons. The number of carbonyl (C=O) groups is 1. The van der Waals surface area contributed by atoms with Crippen LogP contribution in [0.3, 0.4) is 0 Å². The van der Waals surface area contributed by atoms with Crippen LogP contribution in [0.4, 0.5) is 5.82 Å². The molecule has 1 fully saturated rings. The Labute approximate surface area is 116 Å². The van der Waals surface area contributed by atoms with E-state index in [1.54, 1.807) is 18.3 Å². The zero-order chi connectivity index (χ0) is 13.9. The monoisotopic (exact) mass is 269 g/mol. The third-order valence-electron chi connectivity index (χ3n) is 3.61. The van der Waals surface area contributed by atoms with Gasteiger partial charge in [0.1, 0.15) is 5.82 Å². The minimum atomic E-state index is -0.950. The smallest absolute Gasteiger partial charge is 0.337 e. The molecule has 0 saturated carbocycles. The topological polar surface area (TPSA) is 66.3 Å². The Morgan fingerprint density at radius 3 is 2.85 bits per heavy atom. The number of rotatable bonds is 3. The number of hydrogen-bond donors (Lipinski definition) is 1. The Balaban J connectivity index is 1.87. The highest BCUT2D eigenvalue weighted by atomic mass is 16.4. The van der Waals surface area contributed by atoms with Gasteiger partial charge in [-0.1, -0.05) is 6.07 Å². The number of pyridine rings is 2. The highest BCUT2D eigenvalue weighted by molar-refractivity contribution is 5.87. The van der Waals surface area contributed by atoms with E-state index >= 15 is 0 Å². The highest BCUT2D eigenvalue weighted by Crippen LogP contribution is 2.34. The van der Waals surface area contributed by atoms with Crippen LogP contribution in [-0.4, -0.2) is 27.6 Å². The first-order valence-corrected chi connectivity index (χ1v) is 6.61. The van der Waals surface area contributed by atoms with E-state index in [9.17, 15) is 4.79 Å². The summed E-state index contributed by atoms with van der Waals surface area (Å²) in [6.07, 6.45) is 7.23. The molecule has 2 aromatic rings. The second-order valence-electron chi connectivity index (χ2n) is 4.85. The van der Waals surface area contributed by atoms with Gasteiger partial charge in [0.05, 0.1) is 11.6 Å². The van der Waals surface area contributed by atoms with E-state index in [-0.39, 0.29) is 11.6 Å². The Bertz CT molecular complexity index is 598. The molecule has 1 saturated heterocycles. The average Bonchev–Trinajstić information content (AvgIpc) is 2.97. The van der Waals surface area contributed by atoms with Crippen molar-refractivity contribution in [1.82, 2.24) is 9.97 Å². The molecular weight excluding hydrogens is 254 g/mol. The summed E-state index contributed by atoms with van der Waals surface area (Å²) in [6.45, 7) is 0.930. The molecule has 0 aliphatic carbocycles. The summed E-state index contributed by atoms with van der Waals surface area (Å²) in [7, 11) is 0. The van der Waals surface area contributed by atoms with Gasteiger partial charge in [0.15, 0.2) is 0 Å². The fourth-order valence-electron chi connectivity index (χ4n) is 2.64. The lowest BCUT2D eigenvalue weighted by molar-refractivity contribution is 0.0696. The summed E-state index contributed by atoms with van der Waals surface area (Å²) < 4.78 is 0. The van der Waals surface area contributed by atoms with Crippen LogP contribution in [0.15, 0.2) is 42.9 Å². The predicted molar refractivity (Wildman–Crippen MR) is 74.8 cm³/mol. The fourth-order valence-corrected chi connectivity index (χ4v) is 2.64. The Hall–Kier alpha value is -2.43. The van der Waals surface area contributed by atoms with Crippen molar-refractivity contribution in [2.24, 2.45) is 0 Å². The first-order chi connectivity index (χ1) is 9.75. The molecule has 5 nitrogen and oxygen atoms in total. The van der Waals surface area contributed by atoms with Gasteiger partial charge in [-0.05, 0) is 36.6 Å². The van der Waals surface area contributed by atoms with Crippen molar-refractivity contribution in [2.45, 2.75) is 18.9 Å². The van der Waals surface area contributed by atoms with Crippen molar-refractivity contribution in [3.05, 3.63) is 54.0 Å². The number of aromatic nitrogens is 2. The van der Waals surface area contributed by atoms with Crippen molar-refractivity contribution in [2.75, 3.05) is 11.4 Å². The van der Waals surface area contributed by atoms with E-state index < -0.39 is 5.97 Å². The van der Waals surface area contributed by atoms with Crippen LogP contribution >= 0.6 is 0 Å². The van der Waals surface area contributed by atoms with Gasteiger partial charge < -0.3 is 10.0 Å². The minimum absolute atomic E-state index is 0.214. The van der Waals surface area contributed by atoms with E-state index in [1.165, 1.54) is 11.8 Å². The van der Waals surface area contributed by atoms with E-state index in [2.05, 4.69) is 20.9 Å². The Kier molecular flexibility index (Phi) is 3.33. The van der Waals surface area contributed by atoms with Crippen molar-refractivity contribution in [3.63, 3.8) is 0 Å². The quantitative estimate of drug-likeness (QED) is 0.927. The van der Waals surface area contributed by atoms with Gasteiger partial charge in [-0.15, -0.1) is 0 Å². The van der Waals surface area contributed by atoms with Gasteiger partial charge in [-0.2, -0.15) is 0 Å². The molecule has 5 heteroatoms. The number of aromatic carboxylic acids is 1. The molecule has 0 amide bonds. The summed E-state index contributed by atoms with van der Waals surface area (Å²) in [5, 5.41) is 8.91. The lowest BCUT2D eigenvalue weighted by Crippen LogP contribution is -2.23. The summed E-state index contributed by atoms with van der Waals surface area (Å²) >= 11 is 0. The zero-order valence-corrected chi connectivity index (χ0v) is 10.9. The van der Waals surface area contributed by atoms with Crippen molar-refractivity contribution in [1.29, 1.82) is 0 Å². The molecule has 1 aliphatic heterocycles. The first-order valence-electron chi connectivity index (χ1n) is 6.61. The number of carboxylic acids is 1. The van der Waals surface area contributed by atoms with Gasteiger partial charge >= 0.3 is 5.97 Å². The van der Waals surface area contributed by atoms with E-state index in [0.29, 0.717) is 0 Å². The van der Waals surface area contributed by atoms with Gasteiger partial charge in [0, 0.05) is 25.1 Å².